The summed E-state index contributed by atoms with van der Waals surface area (Å²) in [5.74, 6) is 0.591. The molecule has 0 bridgehead atoms. The molecule has 1 aromatic carbocycles. The van der Waals surface area contributed by atoms with Crippen molar-refractivity contribution in [2.24, 2.45) is 10.7 Å². The van der Waals surface area contributed by atoms with Crippen LogP contribution in [0.5, 0.6) is 0 Å². The molecule has 4 rings (SSSR count). The number of nitrogens with two attached hydrogens (primary N) is 1. The summed E-state index contributed by atoms with van der Waals surface area (Å²) in [5.41, 5.74) is 11.3. The van der Waals surface area contributed by atoms with Crippen LogP contribution in [0, 0.1) is 13.8 Å². The van der Waals surface area contributed by atoms with E-state index >= 15 is 0 Å². The van der Waals surface area contributed by atoms with Crippen LogP contribution in [0.2, 0.25) is 0 Å². The van der Waals surface area contributed by atoms with Crippen molar-refractivity contribution in [3.05, 3.63) is 40.0 Å². The van der Waals surface area contributed by atoms with E-state index in [2.05, 4.69) is 47.3 Å². The Labute approximate surface area is 134 Å². The van der Waals surface area contributed by atoms with E-state index in [0.717, 1.165) is 36.5 Å². The highest BCUT2D eigenvalue weighted by atomic mass is 32.1. The molecule has 2 heterocycles. The van der Waals surface area contributed by atoms with Crippen molar-refractivity contribution in [2.45, 2.75) is 38.6 Å². The maximum atomic E-state index is 5.84. The summed E-state index contributed by atoms with van der Waals surface area (Å²) in [6.07, 6.45) is 3.15. The Hall–Kier alpha value is -1.88. The van der Waals surface area contributed by atoms with Gasteiger partial charge >= 0.3 is 0 Å². The molecule has 5 heteroatoms. The van der Waals surface area contributed by atoms with Crippen LogP contribution in [0.4, 0.5) is 0 Å². The van der Waals surface area contributed by atoms with E-state index in [0.29, 0.717) is 5.96 Å². The zero-order valence-electron chi connectivity index (χ0n) is 12.9. The molecule has 0 radical (unpaired) electrons. The largest absolute Gasteiger partial charge is 0.370 e. The average molecular weight is 312 g/mol. The van der Waals surface area contributed by atoms with Crippen LogP contribution < -0.4 is 11.1 Å². The van der Waals surface area contributed by atoms with Gasteiger partial charge < -0.3 is 11.1 Å². The molecule has 2 aromatic rings. The molecule has 1 aromatic heterocycles. The minimum atomic E-state index is 0.0361. The molecule has 1 spiro atoms. The minimum Gasteiger partial charge on any atom is -0.370 e. The highest BCUT2D eigenvalue weighted by Crippen LogP contribution is 2.39. The number of rotatable bonds is 1. The van der Waals surface area contributed by atoms with E-state index in [1.54, 1.807) is 11.3 Å². The van der Waals surface area contributed by atoms with Gasteiger partial charge in [-0.3, -0.25) is 4.99 Å². The highest BCUT2D eigenvalue weighted by Gasteiger charge is 2.38. The molecule has 1 aliphatic heterocycles. The summed E-state index contributed by atoms with van der Waals surface area (Å²) in [6, 6.07) is 6.66. The number of nitrogens with zero attached hydrogens (tertiary/aromatic N) is 2. The van der Waals surface area contributed by atoms with Gasteiger partial charge in [-0.25, -0.2) is 4.98 Å². The Balaban J connectivity index is 1.74. The van der Waals surface area contributed by atoms with Gasteiger partial charge in [0.25, 0.3) is 0 Å². The number of thiazole rings is 1. The van der Waals surface area contributed by atoms with Crippen LogP contribution in [-0.4, -0.2) is 23.0 Å². The van der Waals surface area contributed by atoms with Crippen LogP contribution in [0.25, 0.3) is 10.4 Å². The smallest absolute Gasteiger partial charge is 0.189 e. The SMILES string of the molecule is Cc1nc(C)c(-c2cccc3c2CCC2(CN=C(N)N2)C3)s1. The number of guanidine groups is 1. The summed E-state index contributed by atoms with van der Waals surface area (Å²) in [7, 11) is 0. The maximum Gasteiger partial charge on any atom is 0.189 e. The van der Waals surface area contributed by atoms with Crippen LogP contribution >= 0.6 is 11.3 Å². The van der Waals surface area contributed by atoms with E-state index < -0.39 is 0 Å². The first kappa shape index (κ1) is 13.8. The van der Waals surface area contributed by atoms with Crippen molar-refractivity contribution in [1.29, 1.82) is 0 Å². The Morgan fingerprint density at radius 1 is 1.32 bits per heavy atom. The predicted octanol–water partition coefficient (Wildman–Crippen LogP) is 2.57. The van der Waals surface area contributed by atoms with Gasteiger partial charge in [0.05, 0.1) is 27.7 Å². The molecule has 1 atom stereocenters. The molecular weight excluding hydrogens is 292 g/mol. The molecule has 2 aliphatic rings. The lowest BCUT2D eigenvalue weighted by molar-refractivity contribution is 0.362. The number of nitrogens with one attached hydrogen (secondary N) is 1. The zero-order chi connectivity index (χ0) is 15.3. The monoisotopic (exact) mass is 312 g/mol. The minimum absolute atomic E-state index is 0.0361. The number of aryl methyl sites for hydroxylation is 2. The molecule has 4 nitrogen and oxygen atoms in total. The summed E-state index contributed by atoms with van der Waals surface area (Å²) < 4.78 is 0. The van der Waals surface area contributed by atoms with Gasteiger partial charge in [0.1, 0.15) is 0 Å². The van der Waals surface area contributed by atoms with Crippen molar-refractivity contribution in [3.63, 3.8) is 0 Å². The van der Waals surface area contributed by atoms with Gasteiger partial charge in [0, 0.05) is 0 Å². The van der Waals surface area contributed by atoms with E-state index in [-0.39, 0.29) is 5.54 Å². The summed E-state index contributed by atoms with van der Waals surface area (Å²) >= 11 is 1.80. The third-order valence-corrected chi connectivity index (χ3v) is 5.86. The fourth-order valence-electron chi connectivity index (χ4n) is 3.74. The van der Waals surface area contributed by atoms with Crippen molar-refractivity contribution in [3.8, 4) is 10.4 Å². The maximum absolute atomic E-state index is 5.84. The molecule has 3 N–H and O–H groups in total. The van der Waals surface area contributed by atoms with Crippen molar-refractivity contribution in [2.75, 3.05) is 6.54 Å². The number of benzene rings is 1. The van der Waals surface area contributed by atoms with Gasteiger partial charge in [-0.05, 0) is 49.8 Å². The highest BCUT2D eigenvalue weighted by molar-refractivity contribution is 7.15. The van der Waals surface area contributed by atoms with E-state index in [1.807, 2.05) is 0 Å². The fourth-order valence-corrected chi connectivity index (χ4v) is 4.71. The number of fused-ring (bicyclic) bond motifs is 1. The first-order valence-corrected chi connectivity index (χ1v) is 8.51. The van der Waals surface area contributed by atoms with Crippen molar-refractivity contribution < 1.29 is 0 Å². The van der Waals surface area contributed by atoms with Gasteiger partial charge in [-0.2, -0.15) is 0 Å². The number of aliphatic imine (C=N–C) groups is 1. The molecule has 1 unspecified atom stereocenters. The first-order valence-electron chi connectivity index (χ1n) is 7.70. The van der Waals surface area contributed by atoms with Gasteiger partial charge in [0.2, 0.25) is 0 Å². The van der Waals surface area contributed by atoms with E-state index in [1.165, 1.54) is 21.6 Å². The number of aromatic nitrogens is 1. The molecule has 0 amide bonds. The lowest BCUT2D eigenvalue weighted by Gasteiger charge is -2.35. The molecule has 0 fully saturated rings. The van der Waals surface area contributed by atoms with Gasteiger partial charge in [0.15, 0.2) is 5.96 Å². The third-order valence-electron chi connectivity index (χ3n) is 4.75. The lowest BCUT2D eigenvalue weighted by atomic mass is 9.76. The Morgan fingerprint density at radius 3 is 2.86 bits per heavy atom. The molecular formula is C17H20N4S. The third kappa shape index (κ3) is 2.11. The number of hydrogen-bond acceptors (Lipinski definition) is 5. The van der Waals surface area contributed by atoms with Crippen LogP contribution in [0.3, 0.4) is 0 Å². The van der Waals surface area contributed by atoms with Crippen molar-refractivity contribution in [1.82, 2.24) is 10.3 Å². The van der Waals surface area contributed by atoms with Crippen LogP contribution in [0.1, 0.15) is 28.2 Å². The number of hydrogen-bond donors (Lipinski definition) is 2. The Bertz CT molecular complexity index is 777. The standard InChI is InChI=1S/C17H20N4S/c1-10-15(22-11(2)20-10)14-5-3-4-12-8-17(7-6-13(12)14)9-19-16(18)21-17/h3-5H,6-9H2,1-2H3,(H3,18,19,21). The second kappa shape index (κ2) is 4.81. The quantitative estimate of drug-likeness (QED) is 0.850. The predicted molar refractivity (Wildman–Crippen MR) is 91.4 cm³/mol. The summed E-state index contributed by atoms with van der Waals surface area (Å²) in [4.78, 5) is 10.3. The zero-order valence-corrected chi connectivity index (χ0v) is 13.8. The van der Waals surface area contributed by atoms with Crippen molar-refractivity contribution >= 4 is 17.3 Å². The topological polar surface area (TPSA) is 63.3 Å². The molecule has 1 aliphatic carbocycles. The fraction of sp³-hybridized carbons (Fsp3) is 0.412. The Morgan fingerprint density at radius 2 is 2.18 bits per heavy atom. The van der Waals surface area contributed by atoms with Gasteiger partial charge in [-0.15, -0.1) is 11.3 Å². The summed E-state index contributed by atoms with van der Waals surface area (Å²) in [5, 5.41) is 4.54. The average Bonchev–Trinajstić information content (AvgIpc) is 3.00. The molecule has 22 heavy (non-hydrogen) atoms. The van der Waals surface area contributed by atoms with Gasteiger partial charge in [-0.1, -0.05) is 18.2 Å². The first-order chi connectivity index (χ1) is 10.6. The molecule has 114 valence electrons. The summed E-state index contributed by atoms with van der Waals surface area (Å²) in [6.45, 7) is 4.98. The molecule has 0 saturated carbocycles. The van der Waals surface area contributed by atoms with E-state index in [4.69, 9.17) is 5.73 Å². The van der Waals surface area contributed by atoms with Crippen LogP contribution in [0.15, 0.2) is 23.2 Å². The second-order valence-corrected chi connectivity index (χ2v) is 7.58. The van der Waals surface area contributed by atoms with E-state index in [9.17, 15) is 0 Å². The normalized spacial score (nSPS) is 23.3. The lowest BCUT2D eigenvalue weighted by Crippen LogP contribution is -2.51. The Kier molecular flexibility index (Phi) is 3.01. The molecule has 0 saturated heterocycles. The van der Waals surface area contributed by atoms with Crippen LogP contribution in [-0.2, 0) is 12.8 Å². The second-order valence-electron chi connectivity index (χ2n) is 6.37.